The molecular weight excluding hydrogens is 338 g/mol. The summed E-state index contributed by atoms with van der Waals surface area (Å²) in [5.74, 6) is -0.789. The van der Waals surface area contributed by atoms with Crippen molar-refractivity contribution in [1.29, 1.82) is 0 Å². The number of nitrogens with zero attached hydrogens (tertiary/aromatic N) is 1. The van der Waals surface area contributed by atoms with Crippen LogP contribution >= 0.6 is 0 Å². The predicted octanol–water partition coefficient (Wildman–Crippen LogP) is 1.72. The van der Waals surface area contributed by atoms with E-state index in [-0.39, 0.29) is 17.9 Å². The number of esters is 2. The topological polar surface area (TPSA) is 85.3 Å². The van der Waals surface area contributed by atoms with Gasteiger partial charge in [-0.25, -0.2) is 9.59 Å². The summed E-state index contributed by atoms with van der Waals surface area (Å²) in [4.78, 5) is 26.1. The van der Waals surface area contributed by atoms with Crippen molar-refractivity contribution >= 4 is 17.6 Å². The molecule has 0 spiro atoms. The second-order valence-electron chi connectivity index (χ2n) is 5.33. The Labute approximate surface area is 151 Å². The molecule has 0 atom stereocenters. The number of methoxy groups -OCH3 is 3. The molecule has 0 radical (unpaired) electrons. The Morgan fingerprint density at radius 1 is 1.04 bits per heavy atom. The van der Waals surface area contributed by atoms with E-state index < -0.39 is 11.9 Å². The zero-order valence-corrected chi connectivity index (χ0v) is 14.9. The lowest BCUT2D eigenvalue weighted by Gasteiger charge is -2.24. The molecule has 0 bridgehead atoms. The van der Waals surface area contributed by atoms with E-state index in [1.54, 1.807) is 36.6 Å². The van der Waals surface area contributed by atoms with Crippen molar-refractivity contribution in [3.8, 4) is 5.75 Å². The van der Waals surface area contributed by atoms with Crippen LogP contribution in [0.25, 0.3) is 0 Å². The number of hydrogen-bond acceptors (Lipinski definition) is 7. The van der Waals surface area contributed by atoms with Crippen LogP contribution in [0.3, 0.4) is 0 Å². The number of aliphatic hydroxyl groups is 1. The molecule has 7 heteroatoms. The minimum Gasteiger partial charge on any atom is -0.497 e. The third-order valence-corrected chi connectivity index (χ3v) is 3.75. The van der Waals surface area contributed by atoms with Gasteiger partial charge in [0.05, 0.1) is 26.9 Å². The maximum Gasteiger partial charge on any atom is 0.355 e. The van der Waals surface area contributed by atoms with Crippen LogP contribution in [0.2, 0.25) is 0 Å². The van der Waals surface area contributed by atoms with Crippen molar-refractivity contribution in [3.05, 3.63) is 59.5 Å². The van der Waals surface area contributed by atoms with Gasteiger partial charge in [0, 0.05) is 24.6 Å². The first-order valence-electron chi connectivity index (χ1n) is 7.89. The van der Waals surface area contributed by atoms with Gasteiger partial charge in [-0.05, 0) is 36.3 Å². The van der Waals surface area contributed by atoms with Gasteiger partial charge in [0.15, 0.2) is 0 Å². The summed E-state index contributed by atoms with van der Waals surface area (Å²) < 4.78 is 15.0. The maximum absolute atomic E-state index is 12.4. The summed E-state index contributed by atoms with van der Waals surface area (Å²) >= 11 is 0. The second kappa shape index (κ2) is 8.87. The Morgan fingerprint density at radius 2 is 1.77 bits per heavy atom. The largest absolute Gasteiger partial charge is 0.497 e. The third kappa shape index (κ3) is 4.12. The van der Waals surface area contributed by atoms with Gasteiger partial charge in [-0.3, -0.25) is 0 Å². The van der Waals surface area contributed by atoms with Gasteiger partial charge in [0.1, 0.15) is 11.4 Å². The summed E-state index contributed by atoms with van der Waals surface area (Å²) in [6.45, 7) is -0.0306. The fraction of sp³-hybridized carbons (Fsp3) is 0.263. The van der Waals surface area contributed by atoms with Gasteiger partial charge in [0.2, 0.25) is 0 Å². The monoisotopic (exact) mass is 359 g/mol. The Morgan fingerprint density at radius 3 is 2.38 bits per heavy atom. The highest BCUT2D eigenvalue weighted by Crippen LogP contribution is 2.30. The molecule has 0 unspecified atom stereocenters. The molecule has 26 heavy (non-hydrogen) atoms. The summed E-state index contributed by atoms with van der Waals surface area (Å²) in [6, 6.07) is 5.31. The van der Waals surface area contributed by atoms with Crippen molar-refractivity contribution in [1.82, 2.24) is 0 Å². The molecule has 1 aromatic rings. The number of aliphatic hydroxyl groups excluding tert-OH is 1. The lowest BCUT2D eigenvalue weighted by atomic mass is 10.1. The van der Waals surface area contributed by atoms with E-state index in [0.717, 1.165) is 5.56 Å². The van der Waals surface area contributed by atoms with Crippen molar-refractivity contribution in [3.63, 3.8) is 0 Å². The second-order valence-corrected chi connectivity index (χ2v) is 5.33. The molecule has 1 heterocycles. The molecule has 0 fully saturated rings. The molecule has 1 aliphatic heterocycles. The van der Waals surface area contributed by atoms with E-state index in [9.17, 15) is 14.7 Å². The van der Waals surface area contributed by atoms with Gasteiger partial charge in [-0.15, -0.1) is 0 Å². The maximum atomic E-state index is 12.4. The summed E-state index contributed by atoms with van der Waals surface area (Å²) in [5, 5.41) is 9.23. The Bertz CT molecular complexity index is 778. The highest BCUT2D eigenvalue weighted by atomic mass is 16.5. The quantitative estimate of drug-likeness (QED) is 0.774. The van der Waals surface area contributed by atoms with Crippen LogP contribution in [0.1, 0.15) is 5.56 Å². The average molecular weight is 359 g/mol. The highest BCUT2D eigenvalue weighted by molar-refractivity contribution is 6.05. The van der Waals surface area contributed by atoms with E-state index in [4.69, 9.17) is 14.2 Å². The molecule has 0 saturated carbocycles. The van der Waals surface area contributed by atoms with Crippen molar-refractivity contribution in [2.75, 3.05) is 32.8 Å². The number of anilines is 1. The first-order chi connectivity index (χ1) is 12.5. The minimum atomic E-state index is -0.687. The number of carbonyl (C=O) groups excluding carboxylic acids is 2. The van der Waals surface area contributed by atoms with Gasteiger partial charge < -0.3 is 24.2 Å². The summed E-state index contributed by atoms with van der Waals surface area (Å²) in [7, 11) is 4.01. The molecule has 0 amide bonds. The first kappa shape index (κ1) is 19.3. The number of carbonyl (C=O) groups is 2. The van der Waals surface area contributed by atoms with E-state index in [0.29, 0.717) is 17.9 Å². The zero-order chi connectivity index (χ0) is 19.1. The molecule has 1 N–H and O–H groups in total. The van der Waals surface area contributed by atoms with Gasteiger partial charge >= 0.3 is 11.9 Å². The van der Waals surface area contributed by atoms with Crippen LogP contribution in [0, 0.1) is 0 Å². The van der Waals surface area contributed by atoms with E-state index in [2.05, 4.69) is 0 Å². The Hall–Kier alpha value is -3.06. The number of ether oxygens (including phenoxy) is 3. The van der Waals surface area contributed by atoms with Crippen LogP contribution in [-0.4, -0.2) is 45.0 Å². The van der Waals surface area contributed by atoms with Crippen LogP contribution in [0.15, 0.2) is 53.9 Å². The Kier molecular flexibility index (Phi) is 6.57. The number of hydrogen-bond donors (Lipinski definition) is 1. The molecule has 0 saturated heterocycles. The fourth-order valence-electron chi connectivity index (χ4n) is 2.54. The summed E-state index contributed by atoms with van der Waals surface area (Å²) in [6.07, 6.45) is 6.86. The van der Waals surface area contributed by atoms with Crippen LogP contribution in [0.4, 0.5) is 5.69 Å². The smallest absolute Gasteiger partial charge is 0.355 e. The third-order valence-electron chi connectivity index (χ3n) is 3.75. The SMILES string of the molecule is COC(=O)C1=C(C(=O)OC)N(c2cc(CCO)cc(OC)c2)C=CC=C1. The van der Waals surface area contributed by atoms with E-state index in [1.165, 1.54) is 32.3 Å². The molecule has 2 rings (SSSR count). The van der Waals surface area contributed by atoms with Crippen molar-refractivity contribution in [2.24, 2.45) is 0 Å². The number of allylic oxidation sites excluding steroid dienone is 2. The molecule has 1 aromatic carbocycles. The molecule has 0 aliphatic carbocycles. The highest BCUT2D eigenvalue weighted by Gasteiger charge is 2.27. The lowest BCUT2D eigenvalue weighted by molar-refractivity contribution is -0.139. The van der Waals surface area contributed by atoms with Crippen LogP contribution < -0.4 is 9.64 Å². The van der Waals surface area contributed by atoms with Crippen molar-refractivity contribution < 1.29 is 28.9 Å². The lowest BCUT2D eigenvalue weighted by Crippen LogP contribution is -2.27. The predicted molar refractivity (Wildman–Crippen MR) is 95.6 cm³/mol. The standard InChI is InChI=1S/C19H21NO6/c1-24-15-11-13(7-9-21)10-14(12-15)20-8-5-4-6-16(18(22)25-2)17(20)19(23)26-3/h4-6,8,10-12,21H,7,9H2,1-3H3. The molecule has 138 valence electrons. The molecule has 0 aromatic heterocycles. The summed E-state index contributed by atoms with van der Waals surface area (Å²) in [5.41, 5.74) is 1.48. The first-order valence-corrected chi connectivity index (χ1v) is 7.89. The fourth-order valence-corrected chi connectivity index (χ4v) is 2.54. The van der Waals surface area contributed by atoms with Gasteiger partial charge in [-0.2, -0.15) is 0 Å². The van der Waals surface area contributed by atoms with Gasteiger partial charge in [-0.1, -0.05) is 6.08 Å². The van der Waals surface area contributed by atoms with Crippen LogP contribution in [0.5, 0.6) is 5.75 Å². The van der Waals surface area contributed by atoms with Crippen molar-refractivity contribution in [2.45, 2.75) is 6.42 Å². The Balaban J connectivity index is 2.66. The number of benzene rings is 1. The van der Waals surface area contributed by atoms with E-state index >= 15 is 0 Å². The average Bonchev–Trinajstić information content (AvgIpc) is 2.89. The van der Waals surface area contributed by atoms with Gasteiger partial charge in [0.25, 0.3) is 0 Å². The zero-order valence-electron chi connectivity index (χ0n) is 14.9. The van der Waals surface area contributed by atoms with E-state index in [1.807, 2.05) is 0 Å². The minimum absolute atomic E-state index is 0.0209. The molecule has 7 nitrogen and oxygen atoms in total. The van der Waals surface area contributed by atoms with Crippen LogP contribution in [-0.2, 0) is 25.5 Å². The molecule has 1 aliphatic rings. The normalized spacial score (nSPS) is 13.5. The molecular formula is C19H21NO6. The number of rotatable bonds is 6.